The Balaban J connectivity index is 1.94. The number of rotatable bonds is 7. The minimum Gasteiger partial charge on any atom is -0.352 e. The van der Waals surface area contributed by atoms with Crippen LogP contribution in [0.25, 0.3) is 5.82 Å². The summed E-state index contributed by atoms with van der Waals surface area (Å²) < 4.78 is 27.6. The minimum atomic E-state index is -3.19. The third-order valence-electron chi connectivity index (χ3n) is 3.00. The van der Waals surface area contributed by atoms with Gasteiger partial charge in [0.25, 0.3) is 5.91 Å². The molecule has 2 N–H and O–H groups in total. The number of aryl methyl sites for hydroxylation is 1. The lowest BCUT2D eigenvalue weighted by molar-refractivity contribution is 0.0953. The summed E-state index contributed by atoms with van der Waals surface area (Å²) in [7, 11) is -1.42. The summed E-state index contributed by atoms with van der Waals surface area (Å²) in [5.74, 6) is 0.438. The predicted molar refractivity (Wildman–Crippen MR) is 82.3 cm³/mol. The van der Waals surface area contributed by atoms with Gasteiger partial charge in [0.1, 0.15) is 11.4 Å². The maximum absolute atomic E-state index is 12.2. The van der Waals surface area contributed by atoms with Crippen molar-refractivity contribution in [2.24, 2.45) is 7.05 Å². The van der Waals surface area contributed by atoms with E-state index in [-0.39, 0.29) is 12.5 Å². The molecule has 0 saturated carbocycles. The summed E-state index contributed by atoms with van der Waals surface area (Å²) in [4.78, 5) is 12.2. The molecule has 2 rings (SSSR count). The number of nitrogens with one attached hydrogen (secondary N) is 2. The molecule has 0 spiro atoms. The molecule has 0 radical (unpaired) electrons. The van der Waals surface area contributed by atoms with Crippen LogP contribution in [-0.4, -0.2) is 48.0 Å². The monoisotopic (exact) mass is 325 g/mol. The summed E-state index contributed by atoms with van der Waals surface area (Å²) in [6.45, 7) is 0.665. The number of hydrogen-bond donors (Lipinski definition) is 2. The largest absolute Gasteiger partial charge is 0.352 e. The highest BCUT2D eigenvalue weighted by Crippen LogP contribution is 2.13. The molecule has 0 unspecified atom stereocenters. The molecule has 0 saturated heterocycles. The van der Waals surface area contributed by atoms with E-state index >= 15 is 0 Å². The van der Waals surface area contributed by atoms with Crippen LogP contribution >= 0.6 is 0 Å². The van der Waals surface area contributed by atoms with Gasteiger partial charge in [-0.05, 0) is 18.6 Å². The van der Waals surface area contributed by atoms with Crippen LogP contribution in [-0.2, 0) is 17.1 Å². The zero-order valence-electron chi connectivity index (χ0n) is 12.5. The Kier molecular flexibility index (Phi) is 4.99. The SMILES string of the molecule is Cn1ncc(C(=O)NCCCNS(C)(=O)=O)c1-n1cccc1. The summed E-state index contributed by atoms with van der Waals surface area (Å²) in [5, 5.41) is 6.87. The number of amides is 1. The average molecular weight is 325 g/mol. The molecule has 0 aromatic carbocycles. The molecule has 0 atom stereocenters. The topological polar surface area (TPSA) is 98.0 Å². The second kappa shape index (κ2) is 6.75. The molecule has 2 aromatic rings. The normalized spacial score (nSPS) is 11.5. The zero-order chi connectivity index (χ0) is 16.2. The number of sulfonamides is 1. The quantitative estimate of drug-likeness (QED) is 0.693. The third-order valence-corrected chi connectivity index (χ3v) is 3.73. The molecule has 8 nitrogen and oxygen atoms in total. The second-order valence-electron chi connectivity index (χ2n) is 4.87. The van der Waals surface area contributed by atoms with Gasteiger partial charge in [-0.25, -0.2) is 13.1 Å². The Morgan fingerprint density at radius 1 is 1.27 bits per heavy atom. The lowest BCUT2D eigenvalue weighted by Gasteiger charge is -2.08. The third kappa shape index (κ3) is 4.18. The van der Waals surface area contributed by atoms with E-state index in [9.17, 15) is 13.2 Å². The van der Waals surface area contributed by atoms with E-state index in [2.05, 4.69) is 15.1 Å². The molecule has 0 aliphatic rings. The van der Waals surface area contributed by atoms with Crippen LogP contribution in [0.4, 0.5) is 0 Å². The van der Waals surface area contributed by atoms with Crippen LogP contribution in [0.5, 0.6) is 0 Å². The number of aromatic nitrogens is 3. The minimum absolute atomic E-state index is 0.240. The highest BCUT2D eigenvalue weighted by Gasteiger charge is 2.16. The van der Waals surface area contributed by atoms with Crippen LogP contribution in [0.2, 0.25) is 0 Å². The first-order chi connectivity index (χ1) is 10.4. The molecule has 2 heterocycles. The van der Waals surface area contributed by atoms with Gasteiger partial charge in [0, 0.05) is 32.5 Å². The first-order valence-electron chi connectivity index (χ1n) is 6.76. The molecule has 0 aliphatic heterocycles. The van der Waals surface area contributed by atoms with Crippen molar-refractivity contribution >= 4 is 15.9 Å². The van der Waals surface area contributed by atoms with Crippen LogP contribution in [0.3, 0.4) is 0 Å². The van der Waals surface area contributed by atoms with Crippen molar-refractivity contribution in [3.8, 4) is 5.82 Å². The fourth-order valence-electron chi connectivity index (χ4n) is 2.02. The molecule has 0 fully saturated rings. The summed E-state index contributed by atoms with van der Waals surface area (Å²) >= 11 is 0. The van der Waals surface area contributed by atoms with Crippen LogP contribution in [0.1, 0.15) is 16.8 Å². The maximum atomic E-state index is 12.2. The highest BCUT2D eigenvalue weighted by molar-refractivity contribution is 7.88. The average Bonchev–Trinajstić information content (AvgIpc) is 3.05. The summed E-state index contributed by atoms with van der Waals surface area (Å²) in [6.07, 6.45) is 6.80. The smallest absolute Gasteiger partial charge is 0.256 e. The number of carbonyl (C=O) groups is 1. The standard InChI is InChI=1S/C13H19N5O3S/c1-17-13(18-8-3-4-9-18)11(10-15-17)12(19)14-6-5-7-16-22(2,20)21/h3-4,8-10,16H,5-7H2,1-2H3,(H,14,19). The molecule has 0 bridgehead atoms. The molecule has 0 aliphatic carbocycles. The van der Waals surface area contributed by atoms with Crippen molar-refractivity contribution in [3.63, 3.8) is 0 Å². The van der Waals surface area contributed by atoms with Crippen LogP contribution in [0.15, 0.2) is 30.7 Å². The van der Waals surface area contributed by atoms with Gasteiger partial charge in [-0.3, -0.25) is 9.48 Å². The molecule has 9 heteroatoms. The van der Waals surface area contributed by atoms with Crippen molar-refractivity contribution < 1.29 is 13.2 Å². The van der Waals surface area contributed by atoms with Crippen molar-refractivity contribution in [1.82, 2.24) is 24.4 Å². The molecular formula is C13H19N5O3S. The van der Waals surface area contributed by atoms with E-state index in [0.717, 1.165) is 6.26 Å². The van der Waals surface area contributed by atoms with E-state index in [4.69, 9.17) is 0 Å². The van der Waals surface area contributed by atoms with Gasteiger partial charge >= 0.3 is 0 Å². The summed E-state index contributed by atoms with van der Waals surface area (Å²) in [6, 6.07) is 3.73. The Hall–Kier alpha value is -2.13. The molecule has 2 aromatic heterocycles. The molecule has 1 amide bonds. The fourth-order valence-corrected chi connectivity index (χ4v) is 2.53. The van der Waals surface area contributed by atoms with Gasteiger partial charge in [0.15, 0.2) is 0 Å². The van der Waals surface area contributed by atoms with E-state index in [0.29, 0.717) is 24.3 Å². The van der Waals surface area contributed by atoms with Gasteiger partial charge in [0.05, 0.1) is 12.5 Å². The van der Waals surface area contributed by atoms with E-state index in [1.807, 2.05) is 29.1 Å². The lowest BCUT2D eigenvalue weighted by Crippen LogP contribution is -2.29. The molecule has 22 heavy (non-hydrogen) atoms. The van der Waals surface area contributed by atoms with Crippen molar-refractivity contribution in [3.05, 3.63) is 36.3 Å². The van der Waals surface area contributed by atoms with Crippen molar-refractivity contribution in [1.29, 1.82) is 0 Å². The van der Waals surface area contributed by atoms with Crippen LogP contribution in [0, 0.1) is 0 Å². The predicted octanol–water partition coefficient (Wildman–Crippen LogP) is -0.120. The first kappa shape index (κ1) is 16.2. The van der Waals surface area contributed by atoms with Crippen molar-refractivity contribution in [2.45, 2.75) is 6.42 Å². The zero-order valence-corrected chi connectivity index (χ0v) is 13.3. The lowest BCUT2D eigenvalue weighted by atomic mass is 10.3. The Labute approximate surface area is 129 Å². The van der Waals surface area contributed by atoms with Gasteiger partial charge < -0.3 is 9.88 Å². The number of nitrogens with zero attached hydrogens (tertiary/aromatic N) is 3. The van der Waals surface area contributed by atoms with Gasteiger partial charge in [-0.2, -0.15) is 5.10 Å². The van der Waals surface area contributed by atoms with Gasteiger partial charge in [0.2, 0.25) is 10.0 Å². The van der Waals surface area contributed by atoms with E-state index in [1.54, 1.807) is 11.7 Å². The van der Waals surface area contributed by atoms with Crippen molar-refractivity contribution in [2.75, 3.05) is 19.3 Å². The Morgan fingerprint density at radius 2 is 1.95 bits per heavy atom. The Bertz CT molecular complexity index is 734. The number of hydrogen-bond acceptors (Lipinski definition) is 4. The second-order valence-corrected chi connectivity index (χ2v) is 6.70. The molecular weight excluding hydrogens is 306 g/mol. The number of carbonyl (C=O) groups excluding carboxylic acids is 1. The Morgan fingerprint density at radius 3 is 2.59 bits per heavy atom. The first-order valence-corrected chi connectivity index (χ1v) is 8.66. The van der Waals surface area contributed by atoms with E-state index in [1.165, 1.54) is 6.20 Å². The highest BCUT2D eigenvalue weighted by atomic mass is 32.2. The van der Waals surface area contributed by atoms with Gasteiger partial charge in [-0.15, -0.1) is 0 Å². The maximum Gasteiger partial charge on any atom is 0.256 e. The van der Waals surface area contributed by atoms with Crippen LogP contribution < -0.4 is 10.0 Å². The summed E-state index contributed by atoms with van der Waals surface area (Å²) in [5.41, 5.74) is 0.467. The van der Waals surface area contributed by atoms with Gasteiger partial charge in [-0.1, -0.05) is 0 Å². The fraction of sp³-hybridized carbons (Fsp3) is 0.385. The van der Waals surface area contributed by atoms with E-state index < -0.39 is 10.0 Å². The molecule has 120 valence electrons.